The molecule has 1 heterocycles. The molecule has 0 fully saturated rings. The summed E-state index contributed by atoms with van der Waals surface area (Å²) in [5, 5.41) is 0. The van der Waals surface area contributed by atoms with Crippen LogP contribution in [-0.4, -0.2) is 9.97 Å². The molecule has 2 N–H and O–H groups in total. The number of aromatic nitrogens is 2. The summed E-state index contributed by atoms with van der Waals surface area (Å²) in [5.41, 5.74) is 7.71. The van der Waals surface area contributed by atoms with Crippen molar-refractivity contribution < 1.29 is 4.39 Å². The standard InChI is InChI=1S/C11H9FIN3/c1-6-4-10(16-11(14)15-6)8-5-7(12)2-3-9(8)13/h2-5H,1H3,(H2,14,15,16). The number of hydrogen-bond donors (Lipinski definition) is 1. The maximum atomic E-state index is 13.2. The first-order valence-electron chi connectivity index (χ1n) is 4.63. The van der Waals surface area contributed by atoms with Crippen LogP contribution in [0.3, 0.4) is 0 Å². The Morgan fingerprint density at radius 3 is 2.69 bits per heavy atom. The fraction of sp³-hybridized carbons (Fsp3) is 0.0909. The number of nitrogen functional groups attached to an aromatic ring is 1. The van der Waals surface area contributed by atoms with E-state index in [-0.39, 0.29) is 11.8 Å². The number of aryl methyl sites for hydroxylation is 1. The minimum absolute atomic E-state index is 0.204. The highest BCUT2D eigenvalue weighted by atomic mass is 127. The van der Waals surface area contributed by atoms with Gasteiger partial charge in [-0.25, -0.2) is 14.4 Å². The first-order chi connectivity index (χ1) is 7.56. The Labute approximate surface area is 106 Å². The Morgan fingerprint density at radius 1 is 1.25 bits per heavy atom. The quantitative estimate of drug-likeness (QED) is 0.819. The highest BCUT2D eigenvalue weighted by Crippen LogP contribution is 2.25. The number of nitrogens with zero attached hydrogens (tertiary/aromatic N) is 2. The third kappa shape index (κ3) is 2.29. The second-order valence-electron chi connectivity index (χ2n) is 3.38. The zero-order valence-electron chi connectivity index (χ0n) is 8.54. The van der Waals surface area contributed by atoms with Crippen molar-refractivity contribution in [2.45, 2.75) is 6.92 Å². The molecule has 2 aromatic rings. The first kappa shape index (κ1) is 11.3. The molecule has 0 amide bonds. The normalized spacial score (nSPS) is 10.4. The average molecular weight is 329 g/mol. The average Bonchev–Trinajstić information content (AvgIpc) is 2.20. The van der Waals surface area contributed by atoms with Crippen molar-refractivity contribution >= 4 is 28.5 Å². The second-order valence-corrected chi connectivity index (χ2v) is 4.54. The monoisotopic (exact) mass is 329 g/mol. The molecular weight excluding hydrogens is 320 g/mol. The summed E-state index contributed by atoms with van der Waals surface area (Å²) in [6, 6.07) is 6.36. The van der Waals surface area contributed by atoms with E-state index in [1.54, 1.807) is 12.1 Å². The van der Waals surface area contributed by atoms with Crippen LogP contribution in [0.5, 0.6) is 0 Å². The van der Waals surface area contributed by atoms with Crippen molar-refractivity contribution in [1.82, 2.24) is 9.97 Å². The number of halogens is 2. The van der Waals surface area contributed by atoms with Gasteiger partial charge in [0.1, 0.15) is 5.82 Å². The number of anilines is 1. The minimum atomic E-state index is -0.287. The summed E-state index contributed by atoms with van der Waals surface area (Å²) in [6.45, 7) is 1.83. The highest BCUT2D eigenvalue weighted by molar-refractivity contribution is 14.1. The van der Waals surface area contributed by atoms with Crippen molar-refractivity contribution in [3.63, 3.8) is 0 Å². The fourth-order valence-corrected chi connectivity index (χ4v) is 2.04. The molecular formula is C11H9FIN3. The van der Waals surface area contributed by atoms with Crippen LogP contribution in [0.15, 0.2) is 24.3 Å². The number of hydrogen-bond acceptors (Lipinski definition) is 3. The molecule has 0 bridgehead atoms. The third-order valence-corrected chi connectivity index (χ3v) is 3.02. The largest absolute Gasteiger partial charge is 0.368 e. The van der Waals surface area contributed by atoms with Gasteiger partial charge in [-0.2, -0.15) is 0 Å². The van der Waals surface area contributed by atoms with Gasteiger partial charge in [-0.3, -0.25) is 0 Å². The molecule has 0 atom stereocenters. The van der Waals surface area contributed by atoms with Gasteiger partial charge in [-0.05, 0) is 53.8 Å². The minimum Gasteiger partial charge on any atom is -0.368 e. The number of benzene rings is 1. The lowest BCUT2D eigenvalue weighted by atomic mass is 10.1. The smallest absolute Gasteiger partial charge is 0.220 e. The summed E-state index contributed by atoms with van der Waals surface area (Å²) in [7, 11) is 0. The van der Waals surface area contributed by atoms with Crippen LogP contribution in [0.25, 0.3) is 11.3 Å². The molecule has 2 rings (SSSR count). The van der Waals surface area contributed by atoms with Crippen molar-refractivity contribution in [3.8, 4) is 11.3 Å². The molecule has 0 saturated heterocycles. The van der Waals surface area contributed by atoms with E-state index in [1.807, 2.05) is 6.92 Å². The lowest BCUT2D eigenvalue weighted by Crippen LogP contribution is -1.99. The van der Waals surface area contributed by atoms with Crippen LogP contribution in [0, 0.1) is 16.3 Å². The van der Waals surface area contributed by atoms with E-state index in [4.69, 9.17) is 5.73 Å². The topological polar surface area (TPSA) is 51.8 Å². The fourth-order valence-electron chi connectivity index (χ4n) is 1.42. The van der Waals surface area contributed by atoms with E-state index >= 15 is 0 Å². The molecule has 0 unspecified atom stereocenters. The van der Waals surface area contributed by atoms with Gasteiger partial charge in [0.15, 0.2) is 0 Å². The summed E-state index contributed by atoms with van der Waals surface area (Å²) in [5.74, 6) is -0.0830. The predicted octanol–water partition coefficient (Wildman–Crippen LogP) is 2.78. The van der Waals surface area contributed by atoms with E-state index < -0.39 is 0 Å². The molecule has 5 heteroatoms. The van der Waals surface area contributed by atoms with E-state index in [9.17, 15) is 4.39 Å². The van der Waals surface area contributed by atoms with Crippen LogP contribution in [0.4, 0.5) is 10.3 Å². The summed E-state index contributed by atoms with van der Waals surface area (Å²) >= 11 is 2.14. The van der Waals surface area contributed by atoms with Crippen LogP contribution >= 0.6 is 22.6 Å². The lowest BCUT2D eigenvalue weighted by molar-refractivity contribution is 0.628. The summed E-state index contributed by atoms with van der Waals surface area (Å²) < 4.78 is 14.1. The van der Waals surface area contributed by atoms with Gasteiger partial charge in [0, 0.05) is 14.8 Å². The number of nitrogens with two attached hydrogens (primary N) is 1. The van der Waals surface area contributed by atoms with Gasteiger partial charge >= 0.3 is 0 Å². The SMILES string of the molecule is Cc1cc(-c2cc(F)ccc2I)nc(N)n1. The Hall–Kier alpha value is -1.24. The molecule has 82 valence electrons. The van der Waals surface area contributed by atoms with Gasteiger partial charge in [-0.1, -0.05) is 0 Å². The zero-order chi connectivity index (χ0) is 11.7. The van der Waals surface area contributed by atoms with Crippen LogP contribution in [-0.2, 0) is 0 Å². The third-order valence-electron chi connectivity index (χ3n) is 2.08. The van der Waals surface area contributed by atoms with E-state index in [2.05, 4.69) is 32.6 Å². The van der Waals surface area contributed by atoms with Crippen molar-refractivity contribution in [3.05, 3.63) is 39.3 Å². The molecule has 1 aromatic carbocycles. The lowest BCUT2D eigenvalue weighted by Gasteiger charge is -2.05. The van der Waals surface area contributed by atoms with Gasteiger partial charge in [0.05, 0.1) is 5.69 Å². The van der Waals surface area contributed by atoms with Crippen molar-refractivity contribution in [2.75, 3.05) is 5.73 Å². The van der Waals surface area contributed by atoms with Crippen LogP contribution in [0.1, 0.15) is 5.69 Å². The Kier molecular flexibility index (Phi) is 3.04. The van der Waals surface area contributed by atoms with E-state index in [0.29, 0.717) is 5.69 Å². The second kappa shape index (κ2) is 4.32. The Morgan fingerprint density at radius 2 is 2.00 bits per heavy atom. The summed E-state index contributed by atoms with van der Waals surface area (Å²) in [4.78, 5) is 8.08. The first-order valence-corrected chi connectivity index (χ1v) is 5.71. The number of rotatable bonds is 1. The maximum Gasteiger partial charge on any atom is 0.220 e. The molecule has 0 aliphatic rings. The Bertz CT molecular complexity index is 522. The summed E-state index contributed by atoms with van der Waals surface area (Å²) in [6.07, 6.45) is 0. The van der Waals surface area contributed by atoms with Crippen molar-refractivity contribution in [2.24, 2.45) is 0 Å². The molecule has 0 spiro atoms. The van der Waals surface area contributed by atoms with Crippen LogP contribution < -0.4 is 5.73 Å². The molecule has 0 aliphatic heterocycles. The zero-order valence-corrected chi connectivity index (χ0v) is 10.7. The van der Waals surface area contributed by atoms with Crippen molar-refractivity contribution in [1.29, 1.82) is 0 Å². The van der Waals surface area contributed by atoms with Gasteiger partial charge < -0.3 is 5.73 Å². The highest BCUT2D eigenvalue weighted by Gasteiger charge is 2.07. The maximum absolute atomic E-state index is 13.2. The van der Waals surface area contributed by atoms with Gasteiger partial charge in [-0.15, -0.1) is 0 Å². The van der Waals surface area contributed by atoms with Gasteiger partial charge in [0.2, 0.25) is 5.95 Å². The van der Waals surface area contributed by atoms with Gasteiger partial charge in [0.25, 0.3) is 0 Å². The van der Waals surface area contributed by atoms with Crippen LogP contribution in [0.2, 0.25) is 0 Å². The molecule has 3 nitrogen and oxygen atoms in total. The van der Waals surface area contributed by atoms with E-state index in [0.717, 1.165) is 14.8 Å². The molecule has 0 saturated carbocycles. The Balaban J connectivity index is 2.62. The predicted molar refractivity (Wildman–Crippen MR) is 69.3 cm³/mol. The molecule has 0 aliphatic carbocycles. The molecule has 16 heavy (non-hydrogen) atoms. The van der Waals surface area contributed by atoms with E-state index in [1.165, 1.54) is 12.1 Å². The molecule has 1 aromatic heterocycles. The molecule has 0 radical (unpaired) electrons.